The molecule has 0 N–H and O–H groups in total. The maximum atomic E-state index is 11.3. The Hall–Kier alpha value is -0.900. The minimum absolute atomic E-state index is 0.110. The highest BCUT2D eigenvalue weighted by Gasteiger charge is 2.26. The van der Waals surface area contributed by atoms with Gasteiger partial charge in [0.25, 0.3) is 0 Å². The van der Waals surface area contributed by atoms with Crippen molar-refractivity contribution < 1.29 is 4.79 Å². The summed E-state index contributed by atoms with van der Waals surface area (Å²) in [6.45, 7) is 3.92. The van der Waals surface area contributed by atoms with E-state index in [0.717, 1.165) is 15.9 Å². The minimum atomic E-state index is 0.110. The number of carbonyl (C=O) groups is 1. The molecule has 1 aliphatic carbocycles. The zero-order valence-corrected chi connectivity index (χ0v) is 11.6. The van der Waals surface area contributed by atoms with E-state index in [0.29, 0.717) is 6.04 Å². The van der Waals surface area contributed by atoms with Gasteiger partial charge in [-0.1, -0.05) is 31.1 Å². The van der Waals surface area contributed by atoms with Crippen molar-refractivity contribution in [3.63, 3.8) is 0 Å². The largest absolute Gasteiger partial charge is 0.348 e. The van der Waals surface area contributed by atoms with Crippen LogP contribution in [0.4, 0.5) is 5.13 Å². The summed E-state index contributed by atoms with van der Waals surface area (Å²) in [5, 5.41) is 0.981. The van der Waals surface area contributed by atoms with Gasteiger partial charge in [0, 0.05) is 20.0 Å². The van der Waals surface area contributed by atoms with Crippen molar-refractivity contribution >= 4 is 22.3 Å². The number of hydrogen-bond acceptors (Lipinski definition) is 4. The Morgan fingerprint density at radius 1 is 1.47 bits per heavy atom. The molecule has 0 aromatic carbocycles. The average Bonchev–Trinajstić information content (AvgIpc) is 2.78. The summed E-state index contributed by atoms with van der Waals surface area (Å²) >= 11 is 1.51. The van der Waals surface area contributed by atoms with Gasteiger partial charge in [0.2, 0.25) is 0 Å². The van der Waals surface area contributed by atoms with Crippen LogP contribution in [0, 0.1) is 5.92 Å². The molecule has 0 aliphatic heterocycles. The highest BCUT2D eigenvalue weighted by Crippen LogP contribution is 2.32. The van der Waals surface area contributed by atoms with Crippen molar-refractivity contribution in [2.75, 3.05) is 11.9 Å². The van der Waals surface area contributed by atoms with E-state index in [2.05, 4.69) is 23.9 Å². The van der Waals surface area contributed by atoms with Crippen LogP contribution >= 0.6 is 11.3 Å². The fourth-order valence-corrected chi connectivity index (χ4v) is 3.44. The third-order valence-corrected chi connectivity index (χ3v) is 4.89. The maximum absolute atomic E-state index is 11.3. The Bertz CT molecular complexity index is 402. The first-order chi connectivity index (χ1) is 8.09. The van der Waals surface area contributed by atoms with Crippen LogP contribution in [-0.4, -0.2) is 23.9 Å². The van der Waals surface area contributed by atoms with Gasteiger partial charge in [-0.3, -0.25) is 4.79 Å². The molecule has 2 unspecified atom stereocenters. The number of Topliss-reactive ketones (excluding diaryl/α,β-unsaturated/α-hetero) is 1. The van der Waals surface area contributed by atoms with E-state index in [4.69, 9.17) is 0 Å². The zero-order valence-electron chi connectivity index (χ0n) is 10.8. The van der Waals surface area contributed by atoms with E-state index in [1.165, 1.54) is 37.0 Å². The Morgan fingerprint density at radius 2 is 2.18 bits per heavy atom. The van der Waals surface area contributed by atoms with Crippen molar-refractivity contribution in [1.29, 1.82) is 0 Å². The van der Waals surface area contributed by atoms with Gasteiger partial charge in [0.05, 0.1) is 11.1 Å². The van der Waals surface area contributed by atoms with Crippen LogP contribution < -0.4 is 4.90 Å². The van der Waals surface area contributed by atoms with E-state index in [1.807, 2.05) is 0 Å². The Balaban J connectivity index is 2.12. The summed E-state index contributed by atoms with van der Waals surface area (Å²) in [6.07, 6.45) is 6.91. The zero-order chi connectivity index (χ0) is 12.4. The third kappa shape index (κ3) is 2.68. The number of thiazole rings is 1. The predicted molar refractivity (Wildman–Crippen MR) is 71.9 cm³/mol. The molecular formula is C13H20N2OS. The number of aromatic nitrogens is 1. The Morgan fingerprint density at radius 3 is 2.76 bits per heavy atom. The van der Waals surface area contributed by atoms with Gasteiger partial charge < -0.3 is 4.90 Å². The van der Waals surface area contributed by atoms with E-state index in [9.17, 15) is 4.79 Å². The highest BCUT2D eigenvalue weighted by atomic mass is 32.1. The fourth-order valence-electron chi connectivity index (χ4n) is 2.60. The molecular weight excluding hydrogens is 232 g/mol. The van der Waals surface area contributed by atoms with Crippen molar-refractivity contribution in [1.82, 2.24) is 4.98 Å². The standard InChI is InChI=1S/C13H20N2OS/c1-9-6-4-5-7-11(9)15(3)13-14-8-12(17-13)10(2)16/h8-9,11H,4-7H2,1-3H3. The van der Waals surface area contributed by atoms with Crippen molar-refractivity contribution in [2.24, 2.45) is 5.92 Å². The molecule has 1 fully saturated rings. The number of hydrogen-bond donors (Lipinski definition) is 0. The maximum Gasteiger partial charge on any atom is 0.185 e. The third-order valence-electron chi connectivity index (χ3n) is 3.71. The van der Waals surface area contributed by atoms with E-state index < -0.39 is 0 Å². The second-order valence-corrected chi connectivity index (χ2v) is 6.01. The molecule has 1 aliphatic rings. The second kappa shape index (κ2) is 5.17. The minimum Gasteiger partial charge on any atom is -0.348 e. The molecule has 2 atom stereocenters. The lowest BCUT2D eigenvalue weighted by molar-refractivity contribution is 0.102. The summed E-state index contributed by atoms with van der Waals surface area (Å²) in [4.78, 5) is 18.7. The molecule has 1 saturated carbocycles. The second-order valence-electron chi connectivity index (χ2n) is 5.00. The van der Waals surface area contributed by atoms with Crippen LogP contribution in [0.1, 0.15) is 49.2 Å². The van der Waals surface area contributed by atoms with Crippen molar-refractivity contribution in [3.8, 4) is 0 Å². The summed E-state index contributed by atoms with van der Waals surface area (Å²) < 4.78 is 0. The lowest BCUT2D eigenvalue weighted by atomic mass is 9.85. The molecule has 3 nitrogen and oxygen atoms in total. The molecule has 2 rings (SSSR count). The van der Waals surface area contributed by atoms with Gasteiger partial charge in [-0.2, -0.15) is 0 Å². The smallest absolute Gasteiger partial charge is 0.185 e. The molecule has 0 saturated heterocycles. The molecule has 0 spiro atoms. The number of anilines is 1. The van der Waals surface area contributed by atoms with Gasteiger partial charge in [0.15, 0.2) is 10.9 Å². The van der Waals surface area contributed by atoms with Gasteiger partial charge in [-0.25, -0.2) is 4.98 Å². The van der Waals surface area contributed by atoms with Gasteiger partial charge >= 0.3 is 0 Å². The molecule has 17 heavy (non-hydrogen) atoms. The number of carbonyl (C=O) groups excluding carboxylic acids is 1. The molecule has 94 valence electrons. The molecule has 1 aromatic rings. The predicted octanol–water partition coefficient (Wildman–Crippen LogP) is 3.36. The lowest BCUT2D eigenvalue weighted by Gasteiger charge is -2.36. The highest BCUT2D eigenvalue weighted by molar-refractivity contribution is 7.17. The summed E-state index contributed by atoms with van der Waals surface area (Å²) in [7, 11) is 2.11. The van der Waals surface area contributed by atoms with Crippen LogP contribution in [0.2, 0.25) is 0 Å². The lowest BCUT2D eigenvalue weighted by Crippen LogP contribution is -2.38. The summed E-state index contributed by atoms with van der Waals surface area (Å²) in [6, 6.07) is 0.578. The molecule has 1 heterocycles. The summed E-state index contributed by atoms with van der Waals surface area (Å²) in [5.74, 6) is 0.831. The van der Waals surface area contributed by atoms with Crippen LogP contribution in [0.3, 0.4) is 0 Å². The van der Waals surface area contributed by atoms with Gasteiger partial charge in [-0.15, -0.1) is 0 Å². The topological polar surface area (TPSA) is 33.2 Å². The number of rotatable bonds is 3. The van der Waals surface area contributed by atoms with E-state index in [1.54, 1.807) is 13.1 Å². The normalized spacial score (nSPS) is 24.6. The van der Waals surface area contributed by atoms with Crippen molar-refractivity contribution in [3.05, 3.63) is 11.1 Å². The van der Waals surface area contributed by atoms with Crippen LogP contribution in [0.5, 0.6) is 0 Å². The van der Waals surface area contributed by atoms with Crippen LogP contribution in [0.15, 0.2) is 6.20 Å². The fraction of sp³-hybridized carbons (Fsp3) is 0.692. The number of ketones is 1. The molecule has 1 aromatic heterocycles. The average molecular weight is 252 g/mol. The summed E-state index contributed by atoms with van der Waals surface area (Å²) in [5.41, 5.74) is 0. The van der Waals surface area contributed by atoms with Gasteiger partial charge in [0.1, 0.15) is 0 Å². The Kier molecular flexibility index (Phi) is 3.82. The SMILES string of the molecule is CC(=O)c1cnc(N(C)C2CCCCC2C)s1. The quantitative estimate of drug-likeness (QED) is 0.773. The monoisotopic (exact) mass is 252 g/mol. The molecule has 0 radical (unpaired) electrons. The van der Waals surface area contributed by atoms with E-state index >= 15 is 0 Å². The van der Waals surface area contributed by atoms with Crippen LogP contribution in [0.25, 0.3) is 0 Å². The Labute approximate surface area is 107 Å². The first-order valence-electron chi connectivity index (χ1n) is 6.29. The van der Waals surface area contributed by atoms with E-state index in [-0.39, 0.29) is 5.78 Å². The number of nitrogens with zero attached hydrogens (tertiary/aromatic N) is 2. The van der Waals surface area contributed by atoms with Crippen molar-refractivity contribution in [2.45, 2.75) is 45.6 Å². The molecule has 0 bridgehead atoms. The molecule has 0 amide bonds. The first kappa shape index (κ1) is 12.6. The first-order valence-corrected chi connectivity index (χ1v) is 7.11. The molecule has 4 heteroatoms. The van der Waals surface area contributed by atoms with Crippen LogP contribution in [-0.2, 0) is 0 Å². The van der Waals surface area contributed by atoms with Gasteiger partial charge in [-0.05, 0) is 18.8 Å².